The monoisotopic (exact) mass is 570 g/mol. The van der Waals surface area contributed by atoms with Crippen molar-refractivity contribution in [2.75, 3.05) is 56.2 Å². The minimum Gasteiger partial charge on any atom is -0.471 e. The molecule has 0 saturated carbocycles. The van der Waals surface area contributed by atoms with Crippen molar-refractivity contribution in [1.29, 1.82) is 0 Å². The number of hydrogen-bond donors (Lipinski definition) is 2. The average Bonchev–Trinajstić information content (AvgIpc) is 3.42. The van der Waals surface area contributed by atoms with E-state index in [0.717, 1.165) is 25.3 Å². The van der Waals surface area contributed by atoms with Gasteiger partial charge in [0.2, 0.25) is 21.9 Å². The van der Waals surface area contributed by atoms with E-state index >= 15 is 0 Å². The second-order valence-corrected chi connectivity index (χ2v) is 12.0. The van der Waals surface area contributed by atoms with Crippen molar-refractivity contribution in [3.63, 3.8) is 0 Å². The number of nitrogens with one attached hydrogen (secondary N) is 2. The molecular weight excluding hydrogens is 537 g/mol. The number of piperazine rings is 1. The summed E-state index contributed by atoms with van der Waals surface area (Å²) in [4.78, 5) is 10.3. The van der Waals surface area contributed by atoms with E-state index in [1.54, 1.807) is 12.1 Å². The second-order valence-electron chi connectivity index (χ2n) is 10.1. The normalized spacial score (nSPS) is 23.6. The van der Waals surface area contributed by atoms with Crippen LogP contribution in [0.25, 0.3) is 0 Å². The predicted octanol–water partition coefficient (Wildman–Crippen LogP) is 2.73. The number of aromatic nitrogens is 2. The van der Waals surface area contributed by atoms with Crippen LogP contribution in [-0.2, 0) is 20.9 Å². The van der Waals surface area contributed by atoms with Crippen LogP contribution in [0.4, 0.5) is 24.8 Å². The Labute approximate surface area is 225 Å². The number of anilines is 2. The Morgan fingerprint density at radius 1 is 1.13 bits per heavy atom. The van der Waals surface area contributed by atoms with E-state index in [4.69, 9.17) is 9.47 Å². The molecule has 0 bridgehead atoms. The summed E-state index contributed by atoms with van der Waals surface area (Å²) in [5.41, 5.74) is -0.0514. The summed E-state index contributed by atoms with van der Waals surface area (Å²) < 4.78 is 79.1. The van der Waals surface area contributed by atoms with Gasteiger partial charge in [0.25, 0.3) is 0 Å². The number of alkyl halides is 3. The lowest BCUT2D eigenvalue weighted by Gasteiger charge is -2.36. The molecule has 0 spiro atoms. The maximum absolute atomic E-state index is 13.5. The number of ether oxygens (including phenoxy) is 2. The Balaban J connectivity index is 1.21. The fraction of sp³-hybridized carbons (Fsp3) is 0.600. The van der Waals surface area contributed by atoms with Gasteiger partial charge in [-0.05, 0) is 44.0 Å². The molecule has 4 heterocycles. The summed E-state index contributed by atoms with van der Waals surface area (Å²) in [5.74, 6) is -0.523. The molecule has 39 heavy (non-hydrogen) atoms. The molecule has 2 aromatic rings. The van der Waals surface area contributed by atoms with Crippen LogP contribution >= 0.6 is 0 Å². The molecule has 214 valence electrons. The van der Waals surface area contributed by atoms with Crippen LogP contribution in [0, 0.1) is 0 Å². The zero-order valence-corrected chi connectivity index (χ0v) is 22.5. The number of hydrogen-bond acceptors (Lipinski definition) is 9. The Hall–Kier alpha value is -2.68. The van der Waals surface area contributed by atoms with Crippen molar-refractivity contribution in [2.24, 2.45) is 0 Å². The van der Waals surface area contributed by atoms with E-state index in [9.17, 15) is 21.6 Å². The molecule has 1 aromatic carbocycles. The van der Waals surface area contributed by atoms with Gasteiger partial charge in [0, 0.05) is 63.1 Å². The van der Waals surface area contributed by atoms with Crippen molar-refractivity contribution in [2.45, 2.75) is 55.4 Å². The lowest BCUT2D eigenvalue weighted by Crippen LogP contribution is -2.49. The fourth-order valence-electron chi connectivity index (χ4n) is 5.09. The topological polar surface area (TPSA) is 109 Å². The Morgan fingerprint density at radius 3 is 2.51 bits per heavy atom. The zero-order valence-electron chi connectivity index (χ0n) is 21.7. The Kier molecular flexibility index (Phi) is 8.17. The quantitative estimate of drug-likeness (QED) is 0.520. The van der Waals surface area contributed by atoms with Crippen molar-refractivity contribution in [3.05, 3.63) is 36.0 Å². The molecule has 0 aliphatic carbocycles. The van der Waals surface area contributed by atoms with Gasteiger partial charge in [-0.3, -0.25) is 0 Å². The summed E-state index contributed by atoms with van der Waals surface area (Å²) >= 11 is 0. The zero-order chi connectivity index (χ0) is 27.6. The maximum atomic E-state index is 13.5. The summed E-state index contributed by atoms with van der Waals surface area (Å²) in [6.45, 7) is 5.90. The second kappa shape index (κ2) is 11.4. The predicted molar refractivity (Wildman–Crippen MR) is 138 cm³/mol. The Morgan fingerprint density at radius 2 is 1.87 bits per heavy atom. The first-order valence-corrected chi connectivity index (χ1v) is 14.6. The number of halogens is 3. The molecule has 0 unspecified atom stereocenters. The molecule has 14 heteroatoms. The van der Waals surface area contributed by atoms with Crippen LogP contribution in [0.3, 0.4) is 0 Å². The van der Waals surface area contributed by atoms with Crippen LogP contribution in [-0.4, -0.2) is 86.8 Å². The summed E-state index contributed by atoms with van der Waals surface area (Å²) in [5, 5.41) is 6.40. The van der Waals surface area contributed by atoms with Gasteiger partial charge in [-0.2, -0.15) is 22.5 Å². The number of nitrogens with zero attached hydrogens (tertiary/aromatic N) is 4. The largest absolute Gasteiger partial charge is 0.471 e. The van der Waals surface area contributed by atoms with Gasteiger partial charge in [-0.25, -0.2) is 13.4 Å². The molecule has 3 fully saturated rings. The number of sulfonamides is 1. The van der Waals surface area contributed by atoms with Crippen LogP contribution in [0.2, 0.25) is 0 Å². The first-order chi connectivity index (χ1) is 18.6. The first kappa shape index (κ1) is 27.9. The van der Waals surface area contributed by atoms with Crippen LogP contribution in [0.5, 0.6) is 5.88 Å². The molecular formula is C25H33F3N6O4S. The fourth-order valence-corrected chi connectivity index (χ4v) is 6.56. The van der Waals surface area contributed by atoms with E-state index in [1.807, 2.05) is 12.1 Å². The molecule has 3 aliphatic heterocycles. The smallest absolute Gasteiger partial charge is 0.423 e. The third-order valence-corrected chi connectivity index (χ3v) is 9.23. The molecule has 10 nitrogen and oxygen atoms in total. The molecule has 0 amide bonds. The highest BCUT2D eigenvalue weighted by molar-refractivity contribution is 7.89. The van der Waals surface area contributed by atoms with Gasteiger partial charge >= 0.3 is 6.18 Å². The van der Waals surface area contributed by atoms with E-state index in [0.29, 0.717) is 38.1 Å². The summed E-state index contributed by atoms with van der Waals surface area (Å²) in [7, 11) is -3.67. The number of rotatable bonds is 7. The first-order valence-electron chi connectivity index (χ1n) is 13.1. The number of benzene rings is 1. The molecule has 3 aliphatic rings. The summed E-state index contributed by atoms with van der Waals surface area (Å²) in [6.07, 6.45) is -3.07. The van der Waals surface area contributed by atoms with E-state index in [-0.39, 0.29) is 36.6 Å². The van der Waals surface area contributed by atoms with Gasteiger partial charge in [0.1, 0.15) is 11.7 Å². The standard InChI is InChI=1S/C25H33F3N6O4S/c1-17-14-29-9-12-34(17)19-2-4-21(5-3-19)39(35,36)33-10-6-18(7-11-33)31-24-30-15-22(25(26,27)28)23(32-24)38-20-8-13-37-16-20/h2-5,15,17-18,20,29H,6-14,16H2,1H3,(H,30,31,32)/t17-,20-/m0/s1. The van der Waals surface area contributed by atoms with Crippen molar-refractivity contribution in [3.8, 4) is 5.88 Å². The van der Waals surface area contributed by atoms with Crippen LogP contribution in [0.1, 0.15) is 31.7 Å². The molecule has 1 aromatic heterocycles. The van der Waals surface area contributed by atoms with Crippen molar-refractivity contribution < 1.29 is 31.1 Å². The Bertz CT molecular complexity index is 1230. The summed E-state index contributed by atoms with van der Waals surface area (Å²) in [6, 6.07) is 7.12. The van der Waals surface area contributed by atoms with E-state index < -0.39 is 33.7 Å². The average molecular weight is 571 g/mol. The van der Waals surface area contributed by atoms with Gasteiger partial charge in [-0.15, -0.1) is 0 Å². The van der Waals surface area contributed by atoms with Gasteiger partial charge < -0.3 is 25.0 Å². The van der Waals surface area contributed by atoms with E-state index in [1.165, 1.54) is 4.31 Å². The van der Waals surface area contributed by atoms with Gasteiger partial charge in [0.15, 0.2) is 0 Å². The highest BCUT2D eigenvalue weighted by Gasteiger charge is 2.38. The number of piperidine rings is 1. The van der Waals surface area contributed by atoms with Crippen LogP contribution in [0.15, 0.2) is 35.4 Å². The third kappa shape index (κ3) is 6.39. The minimum absolute atomic E-state index is 0.0101. The van der Waals surface area contributed by atoms with Gasteiger partial charge in [0.05, 0.1) is 18.1 Å². The maximum Gasteiger partial charge on any atom is 0.423 e. The van der Waals surface area contributed by atoms with Crippen LogP contribution < -0.4 is 20.3 Å². The van der Waals surface area contributed by atoms with Crippen molar-refractivity contribution in [1.82, 2.24) is 19.6 Å². The SMILES string of the molecule is C[C@H]1CNCCN1c1ccc(S(=O)(=O)N2CCC(Nc3ncc(C(F)(F)F)c(O[C@H]4CCOC4)n3)CC2)cc1. The third-order valence-electron chi connectivity index (χ3n) is 7.32. The lowest BCUT2D eigenvalue weighted by molar-refractivity contribution is -0.139. The van der Waals surface area contributed by atoms with E-state index in [2.05, 4.69) is 32.4 Å². The molecule has 3 saturated heterocycles. The molecule has 0 radical (unpaired) electrons. The molecule has 2 atom stereocenters. The van der Waals surface area contributed by atoms with Gasteiger partial charge in [-0.1, -0.05) is 0 Å². The lowest BCUT2D eigenvalue weighted by atomic mass is 10.1. The van der Waals surface area contributed by atoms with Crippen molar-refractivity contribution >= 4 is 21.7 Å². The molecule has 2 N–H and O–H groups in total. The highest BCUT2D eigenvalue weighted by Crippen LogP contribution is 2.36. The highest BCUT2D eigenvalue weighted by atomic mass is 32.2. The molecule has 5 rings (SSSR count). The minimum atomic E-state index is -4.66.